The number of carbonyl (C=O) groups excluding carboxylic acids is 3. The molecule has 2 saturated heterocycles. The third kappa shape index (κ3) is 3.68. The van der Waals surface area contributed by atoms with E-state index in [1.807, 2.05) is 0 Å². The van der Waals surface area contributed by atoms with Gasteiger partial charge >= 0.3 is 0 Å². The summed E-state index contributed by atoms with van der Waals surface area (Å²) in [5.74, 6) is -1.49. The van der Waals surface area contributed by atoms with Gasteiger partial charge in [0.05, 0.1) is 18.6 Å². The lowest BCUT2D eigenvalue weighted by Gasteiger charge is -2.34. The molecule has 2 heterocycles. The molecule has 1 saturated carbocycles. The lowest BCUT2D eigenvalue weighted by molar-refractivity contribution is -0.146. The number of hydrogen-bond donors (Lipinski definition) is 0. The molecule has 1 aliphatic carbocycles. The predicted molar refractivity (Wildman–Crippen MR) is 103 cm³/mol. The molecule has 0 bridgehead atoms. The molecule has 0 spiro atoms. The molecule has 7 heteroatoms. The summed E-state index contributed by atoms with van der Waals surface area (Å²) < 4.78 is 20.1. The Labute approximate surface area is 170 Å². The number of likely N-dealkylation sites (tertiary alicyclic amines) is 1. The van der Waals surface area contributed by atoms with E-state index in [0.29, 0.717) is 26.3 Å². The lowest BCUT2D eigenvalue weighted by atomic mass is 9.75. The largest absolute Gasteiger partial charge is 0.378 e. The number of ether oxygens (including phenoxy) is 1. The van der Waals surface area contributed by atoms with E-state index in [1.54, 1.807) is 17.0 Å². The Hall–Kier alpha value is -2.28. The zero-order valence-electron chi connectivity index (χ0n) is 16.6. The van der Waals surface area contributed by atoms with E-state index in [9.17, 15) is 18.8 Å². The molecule has 29 heavy (non-hydrogen) atoms. The third-order valence-electron chi connectivity index (χ3n) is 6.50. The minimum atomic E-state index is -1.46. The fourth-order valence-electron chi connectivity index (χ4n) is 4.95. The maximum atomic E-state index is 14.8. The first-order valence-corrected chi connectivity index (χ1v) is 10.5. The van der Waals surface area contributed by atoms with Gasteiger partial charge in [-0.2, -0.15) is 0 Å². The van der Waals surface area contributed by atoms with Crippen molar-refractivity contribution in [2.24, 2.45) is 0 Å². The summed E-state index contributed by atoms with van der Waals surface area (Å²) in [6, 6.07) is 5.89. The van der Waals surface area contributed by atoms with Crippen molar-refractivity contribution in [3.05, 3.63) is 35.6 Å². The standard InChI is InChI=1S/C22H27FN2O4/c23-18-9-5-4-8-17(18)22(14-19(26)24-10-12-29-13-11-24)15-20(27)25(21(22)28)16-6-2-1-3-7-16/h4-5,8-9,16H,1-3,6-7,10-15H2/t22-/m0/s1. The number of nitrogens with zero attached hydrogens (tertiary/aromatic N) is 2. The van der Waals surface area contributed by atoms with Crippen molar-refractivity contribution in [1.82, 2.24) is 9.80 Å². The Bertz CT molecular complexity index is 802. The maximum absolute atomic E-state index is 14.8. The summed E-state index contributed by atoms with van der Waals surface area (Å²) in [6.45, 7) is 1.78. The topological polar surface area (TPSA) is 66.9 Å². The molecule has 1 aromatic rings. The number of carbonyl (C=O) groups is 3. The highest BCUT2D eigenvalue weighted by molar-refractivity contribution is 6.11. The maximum Gasteiger partial charge on any atom is 0.241 e. The van der Waals surface area contributed by atoms with Crippen molar-refractivity contribution in [3.63, 3.8) is 0 Å². The normalized spacial score (nSPS) is 26.2. The molecule has 6 nitrogen and oxygen atoms in total. The van der Waals surface area contributed by atoms with Crippen molar-refractivity contribution in [3.8, 4) is 0 Å². The number of benzene rings is 1. The van der Waals surface area contributed by atoms with Crippen molar-refractivity contribution in [1.29, 1.82) is 0 Å². The van der Waals surface area contributed by atoms with E-state index < -0.39 is 17.1 Å². The average Bonchev–Trinajstić information content (AvgIpc) is 2.99. The Morgan fingerprint density at radius 3 is 2.48 bits per heavy atom. The van der Waals surface area contributed by atoms with Crippen LogP contribution < -0.4 is 0 Å². The van der Waals surface area contributed by atoms with Gasteiger partial charge in [-0.15, -0.1) is 0 Å². The molecule has 1 aromatic carbocycles. The number of morpholine rings is 1. The molecule has 0 aromatic heterocycles. The van der Waals surface area contributed by atoms with E-state index in [1.165, 1.54) is 17.0 Å². The summed E-state index contributed by atoms with van der Waals surface area (Å²) in [5, 5.41) is 0. The van der Waals surface area contributed by atoms with E-state index in [0.717, 1.165) is 32.1 Å². The second kappa shape index (κ2) is 8.22. The highest BCUT2D eigenvalue weighted by Gasteiger charge is 2.56. The Balaban J connectivity index is 1.69. The molecule has 156 valence electrons. The van der Waals surface area contributed by atoms with Crippen LogP contribution in [0.1, 0.15) is 50.5 Å². The van der Waals surface area contributed by atoms with Crippen LogP contribution in [0, 0.1) is 5.82 Å². The van der Waals surface area contributed by atoms with Crippen LogP contribution in [-0.2, 0) is 24.5 Å². The first-order valence-electron chi connectivity index (χ1n) is 10.5. The molecular formula is C22H27FN2O4. The van der Waals surface area contributed by atoms with Gasteiger partial charge in [0.25, 0.3) is 0 Å². The molecule has 2 aliphatic heterocycles. The Morgan fingerprint density at radius 1 is 1.10 bits per heavy atom. The Kier molecular flexibility index (Phi) is 5.67. The molecule has 0 radical (unpaired) electrons. The second-order valence-electron chi connectivity index (χ2n) is 8.27. The summed E-state index contributed by atoms with van der Waals surface area (Å²) in [4.78, 5) is 42.7. The fraction of sp³-hybridized carbons (Fsp3) is 0.591. The highest BCUT2D eigenvalue weighted by Crippen LogP contribution is 2.43. The van der Waals surface area contributed by atoms with Gasteiger partial charge in [0.15, 0.2) is 0 Å². The van der Waals surface area contributed by atoms with E-state index in [-0.39, 0.29) is 36.3 Å². The quantitative estimate of drug-likeness (QED) is 0.726. The van der Waals surface area contributed by atoms with E-state index >= 15 is 0 Å². The van der Waals surface area contributed by atoms with Gasteiger partial charge in [0, 0.05) is 37.5 Å². The summed E-state index contributed by atoms with van der Waals surface area (Å²) in [7, 11) is 0. The number of halogens is 1. The minimum absolute atomic E-state index is 0.143. The number of amides is 3. The SMILES string of the molecule is O=C(C[C@@]1(c2ccccc2F)CC(=O)N(C2CCCCC2)C1=O)N1CCOCC1. The van der Waals surface area contributed by atoms with E-state index in [4.69, 9.17) is 4.74 Å². The van der Waals surface area contributed by atoms with Crippen molar-refractivity contribution in [2.45, 2.75) is 56.4 Å². The van der Waals surface area contributed by atoms with Crippen molar-refractivity contribution in [2.75, 3.05) is 26.3 Å². The fourth-order valence-corrected chi connectivity index (χ4v) is 4.95. The zero-order chi connectivity index (χ0) is 20.4. The smallest absolute Gasteiger partial charge is 0.241 e. The molecule has 3 aliphatic rings. The molecule has 1 atom stereocenters. The van der Waals surface area contributed by atoms with Crippen LogP contribution >= 0.6 is 0 Å². The summed E-state index contributed by atoms with van der Waals surface area (Å²) >= 11 is 0. The van der Waals surface area contributed by atoms with Crippen LogP contribution in [0.25, 0.3) is 0 Å². The van der Waals surface area contributed by atoms with Gasteiger partial charge < -0.3 is 9.64 Å². The van der Waals surface area contributed by atoms with E-state index in [2.05, 4.69) is 0 Å². The van der Waals surface area contributed by atoms with Crippen LogP contribution in [0.3, 0.4) is 0 Å². The van der Waals surface area contributed by atoms with Crippen LogP contribution in [0.4, 0.5) is 4.39 Å². The molecular weight excluding hydrogens is 375 g/mol. The number of rotatable bonds is 4. The van der Waals surface area contributed by atoms with Gasteiger partial charge in [-0.1, -0.05) is 37.5 Å². The van der Waals surface area contributed by atoms with Crippen molar-refractivity contribution >= 4 is 17.7 Å². The van der Waals surface area contributed by atoms with Crippen LogP contribution in [-0.4, -0.2) is 59.9 Å². The van der Waals surface area contributed by atoms with Gasteiger partial charge in [0.2, 0.25) is 17.7 Å². The van der Waals surface area contributed by atoms with Gasteiger partial charge in [-0.3, -0.25) is 19.3 Å². The van der Waals surface area contributed by atoms with Crippen LogP contribution in [0.2, 0.25) is 0 Å². The average molecular weight is 402 g/mol. The molecule has 3 fully saturated rings. The van der Waals surface area contributed by atoms with Gasteiger partial charge in [-0.25, -0.2) is 4.39 Å². The molecule has 0 N–H and O–H groups in total. The molecule has 0 unspecified atom stereocenters. The summed E-state index contributed by atoms with van der Waals surface area (Å²) in [6.07, 6.45) is 4.26. The minimum Gasteiger partial charge on any atom is -0.378 e. The lowest BCUT2D eigenvalue weighted by Crippen LogP contribution is -2.48. The molecule has 4 rings (SSSR count). The first kappa shape index (κ1) is 20.0. The predicted octanol–water partition coefficient (Wildman–Crippen LogP) is 2.40. The number of hydrogen-bond acceptors (Lipinski definition) is 4. The first-order chi connectivity index (χ1) is 14.0. The Morgan fingerprint density at radius 2 is 1.79 bits per heavy atom. The number of imide groups is 1. The van der Waals surface area contributed by atoms with Crippen molar-refractivity contribution < 1.29 is 23.5 Å². The summed E-state index contributed by atoms with van der Waals surface area (Å²) in [5.41, 5.74) is -1.31. The second-order valence-corrected chi connectivity index (χ2v) is 8.27. The van der Waals surface area contributed by atoms with Crippen LogP contribution in [0.15, 0.2) is 24.3 Å². The van der Waals surface area contributed by atoms with Gasteiger partial charge in [0.1, 0.15) is 5.82 Å². The molecule has 3 amide bonds. The van der Waals surface area contributed by atoms with Gasteiger partial charge in [-0.05, 0) is 18.9 Å². The third-order valence-corrected chi connectivity index (χ3v) is 6.50. The monoisotopic (exact) mass is 402 g/mol. The zero-order valence-corrected chi connectivity index (χ0v) is 16.6. The highest BCUT2D eigenvalue weighted by atomic mass is 19.1. The van der Waals surface area contributed by atoms with Crippen LogP contribution in [0.5, 0.6) is 0 Å².